The number of aryl methyl sites for hydroxylation is 1. The molecule has 2 atom stereocenters. The van der Waals surface area contributed by atoms with Crippen LogP contribution in [0, 0.1) is 6.92 Å². The van der Waals surface area contributed by atoms with Crippen molar-refractivity contribution in [3.8, 4) is 0 Å². The molecule has 0 amide bonds. The fourth-order valence-corrected chi connectivity index (χ4v) is 2.21. The normalized spacial score (nSPS) is 14.4. The molecule has 0 aliphatic rings. The van der Waals surface area contributed by atoms with Crippen LogP contribution in [0.2, 0.25) is 0 Å². The van der Waals surface area contributed by atoms with Gasteiger partial charge in [-0.3, -0.25) is 0 Å². The lowest BCUT2D eigenvalue weighted by Crippen LogP contribution is -2.37. The topological polar surface area (TPSA) is 32.3 Å². The first-order chi connectivity index (χ1) is 8.65. The van der Waals surface area contributed by atoms with Crippen LogP contribution in [-0.4, -0.2) is 23.8 Å². The van der Waals surface area contributed by atoms with Gasteiger partial charge in [0.15, 0.2) is 0 Å². The Labute approximate surface area is 111 Å². The van der Waals surface area contributed by atoms with Crippen LogP contribution in [0.25, 0.3) is 0 Å². The van der Waals surface area contributed by atoms with E-state index in [9.17, 15) is 0 Å². The zero-order valence-electron chi connectivity index (χ0n) is 11.9. The van der Waals surface area contributed by atoms with E-state index in [1.165, 1.54) is 11.1 Å². The number of rotatable bonds is 8. The van der Waals surface area contributed by atoms with Crippen LogP contribution in [0.1, 0.15) is 44.2 Å². The van der Waals surface area contributed by atoms with Crippen molar-refractivity contribution in [2.75, 3.05) is 6.61 Å². The molecule has 1 aromatic carbocycles. The van der Waals surface area contributed by atoms with Crippen LogP contribution in [-0.2, 0) is 6.42 Å². The third-order valence-electron chi connectivity index (χ3n) is 3.41. The van der Waals surface area contributed by atoms with Crippen molar-refractivity contribution in [3.63, 3.8) is 0 Å². The van der Waals surface area contributed by atoms with E-state index in [-0.39, 0.29) is 0 Å². The molecular weight excluding hydrogens is 222 g/mol. The number of nitrogens with one attached hydrogen (secondary N) is 1. The van der Waals surface area contributed by atoms with Crippen molar-refractivity contribution in [1.29, 1.82) is 0 Å². The van der Waals surface area contributed by atoms with Crippen molar-refractivity contribution in [1.82, 2.24) is 5.32 Å². The van der Waals surface area contributed by atoms with E-state index in [4.69, 9.17) is 5.11 Å². The van der Waals surface area contributed by atoms with Gasteiger partial charge in [0, 0.05) is 18.7 Å². The number of hydrogen-bond donors (Lipinski definition) is 2. The van der Waals surface area contributed by atoms with Crippen LogP contribution in [0.15, 0.2) is 24.3 Å². The highest BCUT2D eigenvalue weighted by atomic mass is 16.2. The van der Waals surface area contributed by atoms with E-state index in [0.717, 1.165) is 25.7 Å². The summed E-state index contributed by atoms with van der Waals surface area (Å²) in [6.07, 6.45) is 4.15. The van der Waals surface area contributed by atoms with Crippen molar-refractivity contribution in [3.05, 3.63) is 35.4 Å². The first-order valence-electron chi connectivity index (χ1n) is 7.08. The van der Waals surface area contributed by atoms with Gasteiger partial charge in [0.1, 0.15) is 0 Å². The van der Waals surface area contributed by atoms with E-state index in [2.05, 4.69) is 50.4 Å². The molecule has 0 saturated heterocycles. The second kappa shape index (κ2) is 8.28. The van der Waals surface area contributed by atoms with Crippen LogP contribution >= 0.6 is 0 Å². The average Bonchev–Trinajstić information content (AvgIpc) is 2.38. The largest absolute Gasteiger partial charge is 0.396 e. The van der Waals surface area contributed by atoms with Crippen molar-refractivity contribution in [2.24, 2.45) is 0 Å². The smallest absolute Gasteiger partial charge is 0.0431 e. The Hall–Kier alpha value is -0.860. The number of hydrogen-bond acceptors (Lipinski definition) is 2. The van der Waals surface area contributed by atoms with E-state index in [1.54, 1.807) is 0 Å². The Balaban J connectivity index is 2.43. The minimum absolute atomic E-state index is 0.292. The van der Waals surface area contributed by atoms with Crippen LogP contribution < -0.4 is 5.32 Å². The van der Waals surface area contributed by atoms with Gasteiger partial charge in [-0.05, 0) is 45.1 Å². The van der Waals surface area contributed by atoms with Gasteiger partial charge in [-0.2, -0.15) is 0 Å². The summed E-state index contributed by atoms with van der Waals surface area (Å²) < 4.78 is 0. The molecule has 102 valence electrons. The average molecular weight is 249 g/mol. The molecule has 1 aromatic rings. The second-order valence-corrected chi connectivity index (χ2v) is 5.23. The molecule has 1 rings (SSSR count). The Bertz CT molecular complexity index is 320. The molecule has 2 heteroatoms. The number of benzene rings is 1. The minimum atomic E-state index is 0.292. The molecule has 0 saturated carbocycles. The predicted molar refractivity (Wildman–Crippen MR) is 77.9 cm³/mol. The van der Waals surface area contributed by atoms with Gasteiger partial charge >= 0.3 is 0 Å². The quantitative estimate of drug-likeness (QED) is 0.742. The van der Waals surface area contributed by atoms with Crippen molar-refractivity contribution >= 4 is 0 Å². The molecule has 0 bridgehead atoms. The molecule has 0 aliphatic heterocycles. The maximum absolute atomic E-state index is 8.84. The number of aliphatic hydroxyl groups is 1. The molecule has 0 aliphatic carbocycles. The maximum atomic E-state index is 8.84. The summed E-state index contributed by atoms with van der Waals surface area (Å²) in [7, 11) is 0. The van der Waals surface area contributed by atoms with Gasteiger partial charge in [-0.25, -0.2) is 0 Å². The van der Waals surface area contributed by atoms with Gasteiger partial charge in [-0.1, -0.05) is 36.8 Å². The summed E-state index contributed by atoms with van der Waals surface area (Å²) in [6.45, 7) is 6.84. The van der Waals surface area contributed by atoms with Gasteiger partial charge in [-0.15, -0.1) is 0 Å². The molecule has 0 fully saturated rings. The van der Waals surface area contributed by atoms with Crippen LogP contribution in [0.5, 0.6) is 0 Å². The van der Waals surface area contributed by atoms with Gasteiger partial charge < -0.3 is 10.4 Å². The summed E-state index contributed by atoms with van der Waals surface area (Å²) in [6, 6.07) is 9.80. The summed E-state index contributed by atoms with van der Waals surface area (Å²) in [5, 5.41) is 12.5. The predicted octanol–water partition coefficient (Wildman–Crippen LogP) is 3.07. The molecule has 0 heterocycles. The second-order valence-electron chi connectivity index (χ2n) is 5.23. The molecule has 0 spiro atoms. The highest BCUT2D eigenvalue weighted by Gasteiger charge is 2.10. The highest BCUT2D eigenvalue weighted by Crippen LogP contribution is 2.09. The standard InChI is InChI=1S/C16H27NO/c1-4-16(17-14(3)6-5-11-18)12-15-9-7-13(2)8-10-15/h7-10,14,16-18H,4-6,11-12H2,1-3H3. The van der Waals surface area contributed by atoms with E-state index in [1.807, 2.05) is 0 Å². The molecule has 0 aromatic heterocycles. The SMILES string of the molecule is CCC(Cc1ccc(C)cc1)NC(C)CCCO. The molecule has 2 nitrogen and oxygen atoms in total. The Morgan fingerprint density at radius 1 is 1.22 bits per heavy atom. The third-order valence-corrected chi connectivity index (χ3v) is 3.41. The minimum Gasteiger partial charge on any atom is -0.396 e. The molecule has 0 radical (unpaired) electrons. The zero-order valence-corrected chi connectivity index (χ0v) is 11.9. The first kappa shape index (κ1) is 15.2. The van der Waals surface area contributed by atoms with Crippen molar-refractivity contribution in [2.45, 2.75) is 58.5 Å². The van der Waals surface area contributed by atoms with E-state index in [0.29, 0.717) is 18.7 Å². The van der Waals surface area contributed by atoms with E-state index >= 15 is 0 Å². The summed E-state index contributed by atoms with van der Waals surface area (Å²) in [4.78, 5) is 0. The Kier molecular flexibility index (Phi) is 6.99. The first-order valence-corrected chi connectivity index (χ1v) is 7.08. The third kappa shape index (κ3) is 5.65. The lowest BCUT2D eigenvalue weighted by Gasteiger charge is -2.22. The zero-order chi connectivity index (χ0) is 13.4. The van der Waals surface area contributed by atoms with E-state index < -0.39 is 0 Å². The summed E-state index contributed by atoms with van der Waals surface area (Å²) >= 11 is 0. The monoisotopic (exact) mass is 249 g/mol. The molecular formula is C16H27NO. The fourth-order valence-electron chi connectivity index (χ4n) is 2.21. The molecule has 2 N–H and O–H groups in total. The lowest BCUT2D eigenvalue weighted by molar-refractivity contribution is 0.273. The van der Waals surface area contributed by atoms with Gasteiger partial charge in [0.05, 0.1) is 0 Å². The Morgan fingerprint density at radius 2 is 1.89 bits per heavy atom. The van der Waals surface area contributed by atoms with Crippen molar-refractivity contribution < 1.29 is 5.11 Å². The number of aliphatic hydroxyl groups excluding tert-OH is 1. The van der Waals surface area contributed by atoms with Gasteiger partial charge in [0.2, 0.25) is 0 Å². The summed E-state index contributed by atoms with van der Waals surface area (Å²) in [5.41, 5.74) is 2.71. The maximum Gasteiger partial charge on any atom is 0.0431 e. The van der Waals surface area contributed by atoms with Crippen LogP contribution in [0.4, 0.5) is 0 Å². The fraction of sp³-hybridized carbons (Fsp3) is 0.625. The molecule has 2 unspecified atom stereocenters. The summed E-state index contributed by atoms with van der Waals surface area (Å²) in [5.74, 6) is 0. The highest BCUT2D eigenvalue weighted by molar-refractivity contribution is 5.22. The lowest BCUT2D eigenvalue weighted by atomic mass is 10.0. The Morgan fingerprint density at radius 3 is 2.44 bits per heavy atom. The van der Waals surface area contributed by atoms with Crippen LogP contribution in [0.3, 0.4) is 0 Å². The molecule has 18 heavy (non-hydrogen) atoms. The van der Waals surface area contributed by atoms with Gasteiger partial charge in [0.25, 0.3) is 0 Å².